The number of aliphatic carboxylic acids is 1. The smallest absolute Gasteiger partial charge is 0.507 e. The minimum absolute atomic E-state index is 0.0496. The second-order valence-electron chi connectivity index (χ2n) is 12.4. The summed E-state index contributed by atoms with van der Waals surface area (Å²) in [6.45, 7) is 13.3. The highest BCUT2D eigenvalue weighted by Gasteiger charge is 2.61. The number of aliphatic hydroxyl groups excluding tert-OH is 1. The van der Waals surface area contributed by atoms with Crippen molar-refractivity contribution in [2.24, 2.45) is 29.6 Å². The fraction of sp³-hybridized carbons (Fsp3) is 0.559. The fourth-order valence-corrected chi connectivity index (χ4v) is 7.30. The molecule has 0 spiro atoms. The van der Waals surface area contributed by atoms with E-state index in [-0.39, 0.29) is 53.1 Å². The lowest BCUT2D eigenvalue weighted by atomic mass is 9.59. The minimum atomic E-state index is -1.23. The molecule has 7 atom stereocenters. The Morgan fingerprint density at radius 2 is 1.93 bits per heavy atom. The molecule has 0 amide bonds. The molecular weight excluding hydrogens is 536 g/mol. The van der Waals surface area contributed by atoms with Crippen molar-refractivity contribution in [3.63, 3.8) is 0 Å². The lowest BCUT2D eigenvalue weighted by Gasteiger charge is -2.43. The molecule has 8 heteroatoms. The van der Waals surface area contributed by atoms with Gasteiger partial charge in [0, 0.05) is 17.4 Å². The number of carbonyl (C=O) groups excluding carboxylic acids is 2. The highest BCUT2D eigenvalue weighted by molar-refractivity contribution is 6.04. The number of unbranched alkanes of at least 4 members (excludes halogenated alkanes) is 2. The Balaban J connectivity index is 1.61. The number of ether oxygens (including phenoxy) is 2. The molecule has 0 aromatic heterocycles. The molecule has 1 aromatic rings. The largest absolute Gasteiger partial charge is 0.514 e. The molecule has 0 radical (unpaired) electrons. The van der Waals surface area contributed by atoms with Gasteiger partial charge in [0.05, 0.1) is 17.6 Å². The summed E-state index contributed by atoms with van der Waals surface area (Å²) in [5.74, 6) is -3.59. The number of aliphatic hydroxyl groups is 1. The first-order valence-corrected chi connectivity index (χ1v) is 15.1. The van der Waals surface area contributed by atoms with Crippen LogP contribution in [0.25, 0.3) is 0 Å². The lowest BCUT2D eigenvalue weighted by molar-refractivity contribution is -0.151. The number of phenols is 1. The molecule has 3 aliphatic carbocycles. The lowest BCUT2D eigenvalue weighted by Crippen LogP contribution is -2.53. The predicted molar refractivity (Wildman–Crippen MR) is 158 cm³/mol. The summed E-state index contributed by atoms with van der Waals surface area (Å²) in [5.41, 5.74) is 3.81. The van der Waals surface area contributed by atoms with Gasteiger partial charge in [0.2, 0.25) is 0 Å². The van der Waals surface area contributed by atoms with Gasteiger partial charge in [-0.2, -0.15) is 0 Å². The number of hydrogen-bond donors (Lipinski definition) is 3. The molecule has 1 aromatic carbocycles. The van der Waals surface area contributed by atoms with Crippen LogP contribution in [0.5, 0.6) is 11.5 Å². The van der Waals surface area contributed by atoms with Crippen LogP contribution < -0.4 is 4.74 Å². The van der Waals surface area contributed by atoms with Gasteiger partial charge >= 0.3 is 12.1 Å². The van der Waals surface area contributed by atoms with Crippen LogP contribution in [0.15, 0.2) is 47.1 Å². The van der Waals surface area contributed by atoms with E-state index in [0.717, 1.165) is 43.2 Å². The topological polar surface area (TPSA) is 130 Å². The van der Waals surface area contributed by atoms with Crippen molar-refractivity contribution in [2.45, 2.75) is 85.2 Å². The van der Waals surface area contributed by atoms with Crippen molar-refractivity contribution in [2.75, 3.05) is 6.61 Å². The monoisotopic (exact) mass is 580 g/mol. The number of phenolic OH excluding ortho intramolecular Hbond substituents is 1. The molecule has 1 fully saturated rings. The van der Waals surface area contributed by atoms with Gasteiger partial charge in [-0.1, -0.05) is 50.5 Å². The highest BCUT2D eigenvalue weighted by Crippen LogP contribution is 2.55. The summed E-state index contributed by atoms with van der Waals surface area (Å²) >= 11 is 0. The summed E-state index contributed by atoms with van der Waals surface area (Å²) in [5, 5.41) is 31.3. The van der Waals surface area contributed by atoms with Crippen molar-refractivity contribution in [3.8, 4) is 11.5 Å². The zero-order valence-corrected chi connectivity index (χ0v) is 25.3. The Kier molecular flexibility index (Phi) is 9.66. The highest BCUT2D eigenvalue weighted by atomic mass is 16.7. The van der Waals surface area contributed by atoms with Crippen molar-refractivity contribution in [3.05, 3.63) is 58.2 Å². The standard InChI is InChI=1S/C34H44O8/c1-7-8-9-10-21-14-25(36)29(23-13-18(4)11-12-22(23)17(2)3)26(15-21)42-34(40)41-16-24-19(5)27-28(20(6)35)32(37)31(27)30(24)33(38)39/h13-15,19-20,22-23,27-28,31,35-36H,2,7-12,16H2,1,3-6H3,(H,38,39)/t19-,20+,22-,23+,27?,28+,31?/m0/s1. The van der Waals surface area contributed by atoms with Crippen LogP contribution in [-0.4, -0.2) is 45.9 Å². The molecule has 2 unspecified atom stereocenters. The fourth-order valence-electron chi connectivity index (χ4n) is 7.30. The van der Waals surface area contributed by atoms with Gasteiger partial charge in [-0.05, 0) is 87.5 Å². The average Bonchev–Trinajstić information content (AvgIpc) is 3.15. The summed E-state index contributed by atoms with van der Waals surface area (Å²) in [7, 11) is 0. The maximum absolute atomic E-state index is 13.1. The van der Waals surface area contributed by atoms with Crippen LogP contribution in [0.2, 0.25) is 0 Å². The number of aryl methyl sites for hydroxylation is 1. The Bertz CT molecular complexity index is 1320. The molecule has 8 nitrogen and oxygen atoms in total. The van der Waals surface area contributed by atoms with E-state index < -0.39 is 30.1 Å². The second kappa shape index (κ2) is 12.9. The third-order valence-electron chi connectivity index (χ3n) is 9.47. The molecule has 4 rings (SSSR count). The number of carboxylic acids is 1. The van der Waals surface area contributed by atoms with E-state index in [1.807, 2.05) is 13.8 Å². The quantitative estimate of drug-likeness (QED) is 0.117. The summed E-state index contributed by atoms with van der Waals surface area (Å²) in [4.78, 5) is 38.0. The van der Waals surface area contributed by atoms with Gasteiger partial charge in [-0.25, -0.2) is 9.59 Å². The van der Waals surface area contributed by atoms with E-state index in [1.165, 1.54) is 12.5 Å². The molecule has 42 heavy (non-hydrogen) atoms. The molecule has 0 bridgehead atoms. The number of carboxylic acid groups (broad SMARTS) is 1. The van der Waals surface area contributed by atoms with E-state index in [9.17, 15) is 29.7 Å². The SMILES string of the molecule is C=C(C)[C@@H]1CCC(C)=C[C@H]1c1c(O)cc(CCCCC)cc1OC(=O)OCC1=C(C(=O)O)C2C(=O)[C@H]([C@@H](C)O)C2[C@H]1C. The van der Waals surface area contributed by atoms with E-state index in [2.05, 4.69) is 19.6 Å². The molecule has 0 aliphatic heterocycles. The number of hydrogen-bond acceptors (Lipinski definition) is 7. The Morgan fingerprint density at radius 3 is 2.55 bits per heavy atom. The van der Waals surface area contributed by atoms with E-state index >= 15 is 0 Å². The van der Waals surface area contributed by atoms with Crippen molar-refractivity contribution >= 4 is 17.9 Å². The maximum Gasteiger partial charge on any atom is 0.514 e. The van der Waals surface area contributed by atoms with Crippen LogP contribution in [0.3, 0.4) is 0 Å². The van der Waals surface area contributed by atoms with Crippen LogP contribution in [0.1, 0.15) is 83.8 Å². The van der Waals surface area contributed by atoms with Crippen molar-refractivity contribution < 1.29 is 39.2 Å². The van der Waals surface area contributed by atoms with Crippen LogP contribution in [0, 0.1) is 29.6 Å². The molecule has 3 N–H and O–H groups in total. The number of carbonyl (C=O) groups is 3. The van der Waals surface area contributed by atoms with Gasteiger partial charge in [0.1, 0.15) is 23.9 Å². The first-order chi connectivity index (χ1) is 19.9. The normalized spacial score (nSPS) is 27.6. The number of ketones is 1. The van der Waals surface area contributed by atoms with Gasteiger partial charge in [0.15, 0.2) is 0 Å². The number of rotatable bonds is 11. The summed E-state index contributed by atoms with van der Waals surface area (Å²) in [6, 6.07) is 3.53. The maximum atomic E-state index is 13.1. The molecular formula is C34H44O8. The number of fused-ring (bicyclic) bond motifs is 1. The zero-order valence-electron chi connectivity index (χ0n) is 25.3. The van der Waals surface area contributed by atoms with Gasteiger partial charge in [-0.3, -0.25) is 4.79 Å². The van der Waals surface area contributed by atoms with Gasteiger partial charge in [-0.15, -0.1) is 0 Å². The molecule has 3 aliphatic rings. The van der Waals surface area contributed by atoms with Crippen LogP contribution in [0.4, 0.5) is 4.79 Å². The van der Waals surface area contributed by atoms with E-state index in [4.69, 9.17) is 9.47 Å². The third kappa shape index (κ3) is 6.05. The Hall–Kier alpha value is -3.39. The van der Waals surface area contributed by atoms with Gasteiger partial charge in [0.25, 0.3) is 0 Å². The Labute approximate surface area is 248 Å². The van der Waals surface area contributed by atoms with Gasteiger partial charge < -0.3 is 24.8 Å². The summed E-state index contributed by atoms with van der Waals surface area (Å²) in [6.07, 6.45) is 5.68. The van der Waals surface area contributed by atoms with E-state index in [1.54, 1.807) is 19.1 Å². The van der Waals surface area contributed by atoms with Crippen molar-refractivity contribution in [1.29, 1.82) is 0 Å². The second-order valence-corrected chi connectivity index (χ2v) is 12.4. The van der Waals surface area contributed by atoms with E-state index in [0.29, 0.717) is 17.6 Å². The number of allylic oxidation sites excluding steroid dienone is 3. The Morgan fingerprint density at radius 1 is 1.21 bits per heavy atom. The molecule has 1 saturated carbocycles. The first kappa shape index (κ1) is 31.5. The third-order valence-corrected chi connectivity index (χ3v) is 9.47. The predicted octanol–water partition coefficient (Wildman–Crippen LogP) is 6.50. The minimum Gasteiger partial charge on any atom is -0.507 e. The number of benzene rings is 1. The molecule has 0 saturated heterocycles. The number of Topliss-reactive ketones (excluding diaryl/α,β-unsaturated/α-hetero) is 1. The first-order valence-electron chi connectivity index (χ1n) is 15.1. The van der Waals surface area contributed by atoms with Crippen LogP contribution in [-0.2, 0) is 20.7 Å². The average molecular weight is 581 g/mol. The molecule has 228 valence electrons. The summed E-state index contributed by atoms with van der Waals surface area (Å²) < 4.78 is 11.3. The van der Waals surface area contributed by atoms with Crippen LogP contribution >= 0.6 is 0 Å². The molecule has 0 heterocycles. The number of aromatic hydroxyl groups is 1. The van der Waals surface area contributed by atoms with Crippen molar-refractivity contribution in [1.82, 2.24) is 0 Å². The zero-order chi connectivity index (χ0) is 30.9.